The molecule has 0 aliphatic rings. The molecule has 0 saturated heterocycles. The Labute approximate surface area is 84.9 Å². The molecular weight excluding hydrogens is 204 g/mol. The Kier molecular flexibility index (Phi) is 2.09. The number of nitrogen functional groups attached to an aromatic ring is 1. The zero-order chi connectivity index (χ0) is 10.1. The quantitative estimate of drug-likeness (QED) is 0.718. The molecule has 2 heterocycles. The summed E-state index contributed by atoms with van der Waals surface area (Å²) in [5, 5.41) is 0.795. The lowest BCUT2D eigenvalue weighted by Gasteiger charge is -2.02. The van der Waals surface area contributed by atoms with Crippen LogP contribution in [0.5, 0.6) is 5.88 Å². The number of ether oxygens (including phenoxy) is 1. The summed E-state index contributed by atoms with van der Waals surface area (Å²) in [5.74, 6) is 0.788. The minimum atomic E-state index is 0.113. The first-order chi connectivity index (χ1) is 6.70. The molecule has 0 radical (unpaired) electrons. The van der Waals surface area contributed by atoms with Gasteiger partial charge in [-0.2, -0.15) is 0 Å². The minimum absolute atomic E-state index is 0.113. The number of anilines is 1. The zero-order valence-corrected chi connectivity index (χ0v) is 8.12. The van der Waals surface area contributed by atoms with Gasteiger partial charge in [0.15, 0.2) is 0 Å². The molecule has 0 atom stereocenters. The Morgan fingerprint density at radius 1 is 1.43 bits per heavy atom. The highest BCUT2D eigenvalue weighted by atomic mass is 35.5. The average Bonchev–Trinajstić information content (AvgIpc) is 2.17. The topological polar surface area (TPSA) is 73.9 Å². The highest BCUT2D eigenvalue weighted by Crippen LogP contribution is 2.21. The van der Waals surface area contributed by atoms with Crippen LogP contribution in [-0.2, 0) is 0 Å². The maximum absolute atomic E-state index is 5.66. The second-order valence-electron chi connectivity index (χ2n) is 2.62. The Balaban J connectivity index is 2.75. The fourth-order valence-electron chi connectivity index (χ4n) is 1.12. The van der Waals surface area contributed by atoms with Gasteiger partial charge in [-0.3, -0.25) is 0 Å². The maximum Gasteiger partial charge on any atom is 0.224 e. The van der Waals surface area contributed by atoms with E-state index >= 15 is 0 Å². The molecule has 0 aromatic carbocycles. The van der Waals surface area contributed by atoms with E-state index in [0.29, 0.717) is 22.6 Å². The highest BCUT2D eigenvalue weighted by molar-refractivity contribution is 6.28. The number of methoxy groups -OCH3 is 1. The van der Waals surface area contributed by atoms with E-state index < -0.39 is 0 Å². The molecule has 14 heavy (non-hydrogen) atoms. The van der Waals surface area contributed by atoms with Crippen LogP contribution in [0.25, 0.3) is 10.9 Å². The summed E-state index contributed by atoms with van der Waals surface area (Å²) in [7, 11) is 1.53. The van der Waals surface area contributed by atoms with Gasteiger partial charge in [0, 0.05) is 11.5 Å². The molecular formula is C8H7ClN4O. The van der Waals surface area contributed by atoms with Crippen LogP contribution in [0.4, 0.5) is 5.82 Å². The lowest BCUT2D eigenvalue weighted by Crippen LogP contribution is -1.96. The number of pyridine rings is 1. The third-order valence-corrected chi connectivity index (χ3v) is 1.94. The van der Waals surface area contributed by atoms with Gasteiger partial charge in [0.05, 0.1) is 18.8 Å². The van der Waals surface area contributed by atoms with E-state index in [1.54, 1.807) is 6.07 Å². The Bertz CT molecular complexity index is 488. The first kappa shape index (κ1) is 8.96. The number of fused-ring (bicyclic) bond motifs is 1. The number of hydrogen-bond donors (Lipinski definition) is 1. The summed E-state index contributed by atoms with van der Waals surface area (Å²) in [6.45, 7) is 0. The number of nitrogens with zero attached hydrogens (tertiary/aromatic N) is 3. The molecule has 5 nitrogen and oxygen atoms in total. The summed E-state index contributed by atoms with van der Waals surface area (Å²) in [6, 6.07) is 1.67. The Hall–Kier alpha value is -1.62. The monoisotopic (exact) mass is 210 g/mol. The molecule has 2 N–H and O–H groups in total. The van der Waals surface area contributed by atoms with Gasteiger partial charge < -0.3 is 10.5 Å². The largest absolute Gasteiger partial charge is 0.481 e. The van der Waals surface area contributed by atoms with Gasteiger partial charge in [0.1, 0.15) is 5.82 Å². The summed E-state index contributed by atoms with van der Waals surface area (Å²) < 4.78 is 4.95. The van der Waals surface area contributed by atoms with Crippen molar-refractivity contribution in [2.24, 2.45) is 0 Å². The zero-order valence-electron chi connectivity index (χ0n) is 7.36. The van der Waals surface area contributed by atoms with E-state index in [9.17, 15) is 0 Å². The molecule has 0 amide bonds. The lowest BCUT2D eigenvalue weighted by molar-refractivity contribution is 0.398. The van der Waals surface area contributed by atoms with Crippen molar-refractivity contribution >= 4 is 28.3 Å². The van der Waals surface area contributed by atoms with Gasteiger partial charge in [0.2, 0.25) is 11.2 Å². The third kappa shape index (κ3) is 1.42. The average molecular weight is 211 g/mol. The van der Waals surface area contributed by atoms with E-state index in [1.165, 1.54) is 13.3 Å². The van der Waals surface area contributed by atoms with Gasteiger partial charge in [0.25, 0.3) is 0 Å². The molecule has 2 aromatic rings. The first-order valence-electron chi connectivity index (χ1n) is 3.83. The molecule has 0 bridgehead atoms. The molecule has 0 aliphatic carbocycles. The minimum Gasteiger partial charge on any atom is -0.481 e. The van der Waals surface area contributed by atoms with Crippen molar-refractivity contribution in [1.29, 1.82) is 0 Å². The number of hydrogen-bond acceptors (Lipinski definition) is 5. The van der Waals surface area contributed by atoms with Gasteiger partial charge in [-0.1, -0.05) is 0 Å². The van der Waals surface area contributed by atoms with Crippen LogP contribution in [-0.4, -0.2) is 22.1 Å². The van der Waals surface area contributed by atoms with Crippen molar-refractivity contribution in [3.63, 3.8) is 0 Å². The second kappa shape index (κ2) is 3.26. The SMILES string of the molecule is COc1cc2c(N)nc(Cl)nc2cn1. The van der Waals surface area contributed by atoms with Crippen LogP contribution < -0.4 is 10.5 Å². The molecule has 2 rings (SSSR count). The van der Waals surface area contributed by atoms with E-state index in [1.807, 2.05) is 0 Å². The fourth-order valence-corrected chi connectivity index (χ4v) is 1.30. The Morgan fingerprint density at radius 3 is 2.93 bits per heavy atom. The van der Waals surface area contributed by atoms with Gasteiger partial charge >= 0.3 is 0 Å². The number of halogens is 1. The molecule has 72 valence electrons. The van der Waals surface area contributed by atoms with E-state index in [0.717, 1.165) is 0 Å². The van der Waals surface area contributed by atoms with Crippen LogP contribution in [0.15, 0.2) is 12.3 Å². The van der Waals surface area contributed by atoms with E-state index in [2.05, 4.69) is 15.0 Å². The first-order valence-corrected chi connectivity index (χ1v) is 4.21. The number of aromatic nitrogens is 3. The molecule has 0 saturated carbocycles. The van der Waals surface area contributed by atoms with Crippen LogP contribution in [0.1, 0.15) is 0 Å². The Morgan fingerprint density at radius 2 is 2.21 bits per heavy atom. The van der Waals surface area contributed by atoms with Crippen molar-refractivity contribution in [2.45, 2.75) is 0 Å². The number of nitrogens with two attached hydrogens (primary N) is 1. The summed E-state index contributed by atoms with van der Waals surface area (Å²) >= 11 is 5.64. The number of rotatable bonds is 1. The van der Waals surface area contributed by atoms with Crippen molar-refractivity contribution < 1.29 is 4.74 Å². The van der Waals surface area contributed by atoms with Crippen LogP contribution in [0.3, 0.4) is 0 Å². The molecule has 0 unspecified atom stereocenters. The summed E-state index contributed by atoms with van der Waals surface area (Å²) in [6.07, 6.45) is 1.54. The molecule has 0 aliphatic heterocycles. The van der Waals surface area contributed by atoms with Crippen molar-refractivity contribution in [3.05, 3.63) is 17.5 Å². The van der Waals surface area contributed by atoms with Crippen molar-refractivity contribution in [3.8, 4) is 5.88 Å². The van der Waals surface area contributed by atoms with Crippen LogP contribution >= 0.6 is 11.6 Å². The fraction of sp³-hybridized carbons (Fsp3) is 0.125. The standard InChI is InChI=1S/C8H7ClN4O/c1-14-6-2-4-5(3-11-6)12-8(9)13-7(4)10/h2-3H,1H3,(H2,10,12,13). The highest BCUT2D eigenvalue weighted by Gasteiger charge is 2.05. The summed E-state index contributed by atoms with van der Waals surface area (Å²) in [5.41, 5.74) is 6.26. The van der Waals surface area contributed by atoms with Crippen LogP contribution in [0, 0.1) is 0 Å². The van der Waals surface area contributed by atoms with E-state index in [-0.39, 0.29) is 5.28 Å². The molecule has 2 aromatic heterocycles. The van der Waals surface area contributed by atoms with Gasteiger partial charge in [-0.25, -0.2) is 15.0 Å². The summed E-state index contributed by atoms with van der Waals surface area (Å²) in [4.78, 5) is 11.8. The molecule has 6 heteroatoms. The van der Waals surface area contributed by atoms with Crippen LogP contribution in [0.2, 0.25) is 5.28 Å². The van der Waals surface area contributed by atoms with E-state index in [4.69, 9.17) is 22.1 Å². The lowest BCUT2D eigenvalue weighted by atomic mass is 10.3. The normalized spacial score (nSPS) is 10.4. The second-order valence-corrected chi connectivity index (χ2v) is 2.96. The maximum atomic E-state index is 5.66. The smallest absolute Gasteiger partial charge is 0.224 e. The predicted octanol–water partition coefficient (Wildman–Crippen LogP) is 1.27. The van der Waals surface area contributed by atoms with Crippen molar-refractivity contribution in [1.82, 2.24) is 15.0 Å². The van der Waals surface area contributed by atoms with Crippen molar-refractivity contribution in [2.75, 3.05) is 12.8 Å². The molecule has 0 fully saturated rings. The van der Waals surface area contributed by atoms with Gasteiger partial charge in [-0.05, 0) is 11.6 Å². The van der Waals surface area contributed by atoms with Gasteiger partial charge in [-0.15, -0.1) is 0 Å². The molecule has 0 spiro atoms. The third-order valence-electron chi connectivity index (χ3n) is 1.77. The predicted molar refractivity (Wildman–Crippen MR) is 53.3 cm³/mol.